The molecule has 2 aromatic heterocycles. The Bertz CT molecular complexity index is 991. The number of aromatic nitrogens is 3. The van der Waals surface area contributed by atoms with Crippen molar-refractivity contribution >= 4 is 11.8 Å². The Morgan fingerprint density at radius 1 is 1.23 bits per heavy atom. The highest BCUT2D eigenvalue weighted by Gasteiger charge is 2.32. The first-order valence-electron chi connectivity index (χ1n) is 10.2. The van der Waals surface area contributed by atoms with Crippen LogP contribution in [-0.2, 0) is 22.5 Å². The number of methoxy groups -OCH3 is 1. The molecule has 30 heavy (non-hydrogen) atoms. The molecule has 158 valence electrons. The van der Waals surface area contributed by atoms with E-state index in [0.29, 0.717) is 42.2 Å². The molecule has 2 aromatic rings. The van der Waals surface area contributed by atoms with Crippen molar-refractivity contribution in [3.05, 3.63) is 57.5 Å². The maximum absolute atomic E-state index is 13.1. The van der Waals surface area contributed by atoms with Gasteiger partial charge in [0.05, 0.1) is 23.8 Å². The predicted octanol–water partition coefficient (Wildman–Crippen LogP) is 1.06. The van der Waals surface area contributed by atoms with Crippen LogP contribution in [0.25, 0.3) is 0 Å². The molecule has 1 saturated heterocycles. The van der Waals surface area contributed by atoms with E-state index in [1.165, 1.54) is 7.11 Å². The topological polar surface area (TPSA) is 108 Å². The minimum absolute atomic E-state index is 0.00704. The lowest BCUT2D eigenvalue weighted by Crippen LogP contribution is -2.43. The molecule has 2 amide bonds. The van der Waals surface area contributed by atoms with Gasteiger partial charge in [0.2, 0.25) is 5.91 Å². The highest BCUT2D eigenvalue weighted by molar-refractivity contribution is 5.94. The Balaban J connectivity index is 1.61. The second-order valence-corrected chi connectivity index (χ2v) is 7.62. The van der Waals surface area contributed by atoms with Crippen LogP contribution in [-0.4, -0.2) is 63.4 Å². The van der Waals surface area contributed by atoms with Crippen LogP contribution in [0.15, 0.2) is 29.3 Å². The standard InChI is InChI=1S/C21H25N5O4/c1-30-13-18(27)25-11-7-16-15(12-25)20(28)24-19(23-16)17-4-2-3-10-26(17)21(29)14-5-8-22-9-6-14/h5-6,8-9,17H,2-4,7,10-13H2,1H3,(H,23,24,28)/t17-/m0/s1. The Hall–Kier alpha value is -3.07. The molecule has 2 aliphatic rings. The van der Waals surface area contributed by atoms with Gasteiger partial charge in [0.1, 0.15) is 12.4 Å². The third kappa shape index (κ3) is 3.97. The fourth-order valence-electron chi connectivity index (χ4n) is 4.15. The number of ether oxygens (including phenoxy) is 1. The number of hydrogen-bond donors (Lipinski definition) is 1. The van der Waals surface area contributed by atoms with Crippen LogP contribution in [0, 0.1) is 0 Å². The lowest BCUT2D eigenvalue weighted by molar-refractivity contribution is -0.136. The van der Waals surface area contributed by atoms with E-state index < -0.39 is 0 Å². The quantitative estimate of drug-likeness (QED) is 0.806. The van der Waals surface area contributed by atoms with Gasteiger partial charge in [-0.25, -0.2) is 4.98 Å². The third-order valence-corrected chi connectivity index (χ3v) is 5.71. The average molecular weight is 411 g/mol. The number of rotatable bonds is 4. The van der Waals surface area contributed by atoms with Gasteiger partial charge in [0.15, 0.2) is 0 Å². The molecule has 9 nitrogen and oxygen atoms in total. The van der Waals surface area contributed by atoms with Crippen molar-refractivity contribution in [3.8, 4) is 0 Å². The Kier molecular flexibility index (Phi) is 5.89. The van der Waals surface area contributed by atoms with Gasteiger partial charge in [-0.05, 0) is 31.4 Å². The maximum Gasteiger partial charge on any atom is 0.256 e. The summed E-state index contributed by atoms with van der Waals surface area (Å²) in [4.78, 5) is 53.0. The fraction of sp³-hybridized carbons (Fsp3) is 0.476. The molecule has 0 aromatic carbocycles. The zero-order valence-corrected chi connectivity index (χ0v) is 17.0. The average Bonchev–Trinajstić information content (AvgIpc) is 2.79. The first kappa shape index (κ1) is 20.2. The number of amides is 2. The highest BCUT2D eigenvalue weighted by atomic mass is 16.5. The normalized spacial score (nSPS) is 18.8. The minimum Gasteiger partial charge on any atom is -0.375 e. The van der Waals surface area contributed by atoms with E-state index in [1.54, 1.807) is 34.3 Å². The van der Waals surface area contributed by atoms with Crippen molar-refractivity contribution in [1.29, 1.82) is 0 Å². The molecule has 1 fully saturated rings. The zero-order valence-electron chi connectivity index (χ0n) is 17.0. The fourth-order valence-corrected chi connectivity index (χ4v) is 4.15. The summed E-state index contributed by atoms with van der Waals surface area (Å²) in [6.45, 7) is 1.33. The van der Waals surface area contributed by atoms with Gasteiger partial charge in [-0.2, -0.15) is 0 Å². The minimum atomic E-state index is -0.273. The number of carbonyl (C=O) groups is 2. The molecule has 9 heteroatoms. The molecule has 2 aliphatic heterocycles. The molecule has 0 aliphatic carbocycles. The van der Waals surface area contributed by atoms with Crippen molar-refractivity contribution in [2.45, 2.75) is 38.3 Å². The third-order valence-electron chi connectivity index (χ3n) is 5.71. The van der Waals surface area contributed by atoms with Gasteiger partial charge < -0.3 is 19.5 Å². The second-order valence-electron chi connectivity index (χ2n) is 7.62. The Morgan fingerprint density at radius 2 is 2.03 bits per heavy atom. The lowest BCUT2D eigenvalue weighted by Gasteiger charge is -2.36. The van der Waals surface area contributed by atoms with Crippen LogP contribution in [0.4, 0.5) is 0 Å². The smallest absolute Gasteiger partial charge is 0.256 e. The van der Waals surface area contributed by atoms with Crippen LogP contribution >= 0.6 is 0 Å². The number of carbonyl (C=O) groups excluding carboxylic acids is 2. The number of nitrogens with zero attached hydrogens (tertiary/aromatic N) is 4. The van der Waals surface area contributed by atoms with E-state index in [9.17, 15) is 14.4 Å². The van der Waals surface area contributed by atoms with Crippen LogP contribution in [0.1, 0.15) is 52.7 Å². The maximum atomic E-state index is 13.1. The molecule has 0 unspecified atom stereocenters. The van der Waals surface area contributed by atoms with Crippen LogP contribution < -0.4 is 5.56 Å². The van der Waals surface area contributed by atoms with Gasteiger partial charge in [-0.3, -0.25) is 19.4 Å². The van der Waals surface area contributed by atoms with E-state index >= 15 is 0 Å². The summed E-state index contributed by atoms with van der Waals surface area (Å²) in [7, 11) is 1.47. The zero-order chi connectivity index (χ0) is 21.1. The van der Waals surface area contributed by atoms with E-state index in [2.05, 4.69) is 9.97 Å². The van der Waals surface area contributed by atoms with Crippen molar-refractivity contribution < 1.29 is 14.3 Å². The molecule has 4 rings (SSSR count). The Morgan fingerprint density at radius 3 is 2.80 bits per heavy atom. The van der Waals surface area contributed by atoms with E-state index in [0.717, 1.165) is 19.3 Å². The molecule has 1 atom stereocenters. The van der Waals surface area contributed by atoms with E-state index in [4.69, 9.17) is 9.72 Å². The van der Waals surface area contributed by atoms with Gasteiger partial charge in [-0.1, -0.05) is 0 Å². The number of aromatic amines is 1. The molecule has 0 radical (unpaired) electrons. The molecule has 1 N–H and O–H groups in total. The van der Waals surface area contributed by atoms with E-state index in [1.807, 2.05) is 0 Å². The van der Waals surface area contributed by atoms with Crippen LogP contribution in [0.2, 0.25) is 0 Å². The van der Waals surface area contributed by atoms with Crippen molar-refractivity contribution in [2.24, 2.45) is 0 Å². The number of hydrogen-bond acceptors (Lipinski definition) is 6. The molecular formula is C21H25N5O4. The summed E-state index contributed by atoms with van der Waals surface area (Å²) in [6.07, 6.45) is 6.33. The number of H-pyrrole nitrogens is 1. The summed E-state index contributed by atoms with van der Waals surface area (Å²) in [5, 5.41) is 0. The summed E-state index contributed by atoms with van der Waals surface area (Å²) in [5.41, 5.74) is 1.55. The number of fused-ring (bicyclic) bond motifs is 1. The van der Waals surface area contributed by atoms with Crippen LogP contribution in [0.5, 0.6) is 0 Å². The van der Waals surface area contributed by atoms with Gasteiger partial charge in [0, 0.05) is 44.6 Å². The number of piperidine rings is 1. The predicted molar refractivity (Wildman–Crippen MR) is 108 cm³/mol. The first-order valence-corrected chi connectivity index (χ1v) is 10.2. The first-order chi connectivity index (χ1) is 14.6. The van der Waals surface area contributed by atoms with Gasteiger partial charge >= 0.3 is 0 Å². The molecule has 0 saturated carbocycles. The van der Waals surface area contributed by atoms with E-state index in [-0.39, 0.29) is 36.6 Å². The van der Waals surface area contributed by atoms with Crippen molar-refractivity contribution in [3.63, 3.8) is 0 Å². The van der Waals surface area contributed by atoms with Gasteiger partial charge in [-0.15, -0.1) is 0 Å². The SMILES string of the molecule is COCC(=O)N1CCc2nc([C@@H]3CCCCN3C(=O)c3ccncc3)[nH]c(=O)c2C1. The van der Waals surface area contributed by atoms with Crippen molar-refractivity contribution in [2.75, 3.05) is 26.8 Å². The monoisotopic (exact) mass is 411 g/mol. The Labute approximate surface area is 174 Å². The molecule has 0 bridgehead atoms. The summed E-state index contributed by atoms with van der Waals surface area (Å²) in [5.74, 6) is 0.296. The number of pyridine rings is 1. The summed E-state index contributed by atoms with van der Waals surface area (Å²) in [6, 6.07) is 3.12. The lowest BCUT2D eigenvalue weighted by atomic mass is 9.99. The number of nitrogens with one attached hydrogen (secondary N) is 1. The molecular weight excluding hydrogens is 386 g/mol. The second kappa shape index (κ2) is 8.74. The van der Waals surface area contributed by atoms with Crippen molar-refractivity contribution in [1.82, 2.24) is 24.8 Å². The number of likely N-dealkylation sites (tertiary alicyclic amines) is 1. The highest BCUT2D eigenvalue weighted by Crippen LogP contribution is 2.30. The summed E-state index contributed by atoms with van der Waals surface area (Å²) >= 11 is 0. The van der Waals surface area contributed by atoms with Gasteiger partial charge in [0.25, 0.3) is 11.5 Å². The largest absolute Gasteiger partial charge is 0.375 e. The molecule has 4 heterocycles. The molecule has 0 spiro atoms. The summed E-state index contributed by atoms with van der Waals surface area (Å²) < 4.78 is 4.91. The van der Waals surface area contributed by atoms with Crippen LogP contribution in [0.3, 0.4) is 0 Å².